The molecule has 3 aromatic heterocycles. The molecule has 1 amide bonds. The van der Waals surface area contributed by atoms with E-state index >= 15 is 0 Å². The molecule has 0 saturated carbocycles. The maximum Gasteiger partial charge on any atom is 0.249 e. The summed E-state index contributed by atoms with van der Waals surface area (Å²) in [7, 11) is 0. The first-order valence-corrected chi connectivity index (χ1v) is 7.55. The van der Waals surface area contributed by atoms with Crippen molar-refractivity contribution in [2.75, 3.05) is 0 Å². The summed E-state index contributed by atoms with van der Waals surface area (Å²) < 4.78 is 2.14. The summed E-state index contributed by atoms with van der Waals surface area (Å²) in [5, 5.41) is 7.86. The van der Waals surface area contributed by atoms with Gasteiger partial charge in [-0.15, -0.1) is 0 Å². The lowest BCUT2D eigenvalue weighted by Crippen LogP contribution is -2.11. The van der Waals surface area contributed by atoms with E-state index in [1.165, 1.54) is 0 Å². The van der Waals surface area contributed by atoms with Crippen LogP contribution < -0.4 is 5.73 Å². The van der Waals surface area contributed by atoms with Crippen molar-refractivity contribution in [3.05, 3.63) is 72.2 Å². The Hall–Kier alpha value is -3.41. The van der Waals surface area contributed by atoms with E-state index in [9.17, 15) is 4.79 Å². The van der Waals surface area contributed by atoms with E-state index in [-0.39, 0.29) is 0 Å². The number of primary amides is 1. The Morgan fingerprint density at radius 2 is 1.96 bits per heavy atom. The van der Waals surface area contributed by atoms with Crippen LogP contribution in [0, 0.1) is 0 Å². The molecule has 0 aliphatic rings. The number of H-pyrrole nitrogens is 1. The van der Waals surface area contributed by atoms with Crippen molar-refractivity contribution in [3.63, 3.8) is 0 Å². The number of hydrogen-bond donors (Lipinski definition) is 2. The second kappa shape index (κ2) is 5.66. The molecule has 118 valence electrons. The van der Waals surface area contributed by atoms with Crippen LogP contribution in [0.1, 0.15) is 15.9 Å². The van der Waals surface area contributed by atoms with Crippen LogP contribution in [0.15, 0.2) is 61.1 Å². The fourth-order valence-electron chi connectivity index (χ4n) is 2.96. The third-order valence-corrected chi connectivity index (χ3v) is 4.08. The number of nitrogens with zero attached hydrogens (tertiary/aromatic N) is 3. The Morgan fingerprint density at radius 3 is 2.67 bits per heavy atom. The van der Waals surface area contributed by atoms with Crippen molar-refractivity contribution in [2.24, 2.45) is 5.73 Å². The summed E-state index contributed by atoms with van der Waals surface area (Å²) >= 11 is 0. The third-order valence-electron chi connectivity index (χ3n) is 4.08. The summed E-state index contributed by atoms with van der Waals surface area (Å²) in [6, 6.07) is 13.4. The Labute approximate surface area is 137 Å². The summed E-state index contributed by atoms with van der Waals surface area (Å²) in [5.41, 5.74) is 9.96. The van der Waals surface area contributed by atoms with E-state index in [0.29, 0.717) is 12.1 Å². The number of hydrogen-bond acceptors (Lipinski definition) is 3. The molecule has 0 fully saturated rings. The van der Waals surface area contributed by atoms with Gasteiger partial charge in [0.15, 0.2) is 0 Å². The predicted octanol–water partition coefficient (Wildman–Crippen LogP) is 2.57. The molecule has 0 spiro atoms. The van der Waals surface area contributed by atoms with Gasteiger partial charge in [-0.1, -0.05) is 6.07 Å². The highest BCUT2D eigenvalue weighted by Crippen LogP contribution is 2.30. The van der Waals surface area contributed by atoms with E-state index in [4.69, 9.17) is 5.73 Å². The Bertz CT molecular complexity index is 1000. The van der Waals surface area contributed by atoms with Gasteiger partial charge in [0.1, 0.15) is 0 Å². The second-order valence-electron chi connectivity index (χ2n) is 5.54. The predicted molar refractivity (Wildman–Crippen MR) is 91.4 cm³/mol. The van der Waals surface area contributed by atoms with Crippen LogP contribution in [0.5, 0.6) is 0 Å². The largest absolute Gasteiger partial charge is 0.366 e. The molecule has 0 radical (unpaired) electrons. The molecule has 6 heteroatoms. The minimum atomic E-state index is -0.433. The topological polar surface area (TPSA) is 89.6 Å². The zero-order valence-electron chi connectivity index (χ0n) is 12.8. The van der Waals surface area contributed by atoms with Gasteiger partial charge in [-0.25, -0.2) is 0 Å². The zero-order chi connectivity index (χ0) is 16.5. The van der Waals surface area contributed by atoms with Crippen molar-refractivity contribution in [1.29, 1.82) is 0 Å². The fraction of sp³-hybridized carbons (Fsp3) is 0.0556. The summed E-state index contributed by atoms with van der Waals surface area (Å²) in [6.45, 7) is 0.655. The highest BCUT2D eigenvalue weighted by atomic mass is 16.1. The third kappa shape index (κ3) is 2.34. The molecule has 6 nitrogen and oxygen atoms in total. The molecule has 3 N–H and O–H groups in total. The second-order valence-corrected chi connectivity index (χ2v) is 5.54. The molecule has 4 rings (SSSR count). The van der Waals surface area contributed by atoms with E-state index in [1.807, 2.05) is 36.4 Å². The first-order chi connectivity index (χ1) is 11.7. The standard InChI is InChI=1S/C18H15N5O/c19-18(24)13-2-1-3-16-14(13)10-17(15-6-9-21-22-15)23(16)11-12-4-7-20-8-5-12/h1-10H,11H2,(H2,19,24)(H,21,22). The van der Waals surface area contributed by atoms with E-state index in [1.54, 1.807) is 24.7 Å². The van der Waals surface area contributed by atoms with Crippen molar-refractivity contribution in [2.45, 2.75) is 6.54 Å². The van der Waals surface area contributed by atoms with Crippen molar-refractivity contribution >= 4 is 16.8 Å². The van der Waals surface area contributed by atoms with Crippen LogP contribution in [0.2, 0.25) is 0 Å². The Morgan fingerprint density at radius 1 is 1.12 bits per heavy atom. The number of nitrogens with two attached hydrogens (primary N) is 1. The van der Waals surface area contributed by atoms with Gasteiger partial charge in [0.05, 0.1) is 11.4 Å². The Balaban J connectivity index is 1.97. The van der Waals surface area contributed by atoms with Crippen molar-refractivity contribution in [3.8, 4) is 11.4 Å². The molecule has 4 aromatic rings. The molecule has 3 heterocycles. The lowest BCUT2D eigenvalue weighted by atomic mass is 10.1. The molecule has 0 atom stereocenters. The number of carbonyl (C=O) groups is 1. The van der Waals surface area contributed by atoms with Crippen LogP contribution in [0.25, 0.3) is 22.3 Å². The van der Waals surface area contributed by atoms with E-state index in [0.717, 1.165) is 27.9 Å². The number of nitrogens with one attached hydrogen (secondary N) is 1. The quantitative estimate of drug-likeness (QED) is 0.606. The Kier molecular flexibility index (Phi) is 3.35. The van der Waals surface area contributed by atoms with Crippen LogP contribution in [0.3, 0.4) is 0 Å². The molecular formula is C18H15N5O. The van der Waals surface area contributed by atoms with Crippen molar-refractivity contribution in [1.82, 2.24) is 19.7 Å². The van der Waals surface area contributed by atoms with Gasteiger partial charge in [-0.2, -0.15) is 5.10 Å². The number of aromatic amines is 1. The fourth-order valence-corrected chi connectivity index (χ4v) is 2.96. The maximum absolute atomic E-state index is 11.8. The zero-order valence-corrected chi connectivity index (χ0v) is 12.8. The smallest absolute Gasteiger partial charge is 0.249 e. The lowest BCUT2D eigenvalue weighted by molar-refractivity contribution is 0.100. The molecule has 0 unspecified atom stereocenters. The minimum absolute atomic E-state index is 0.433. The van der Waals surface area contributed by atoms with Crippen LogP contribution in [0.4, 0.5) is 0 Å². The summed E-state index contributed by atoms with van der Waals surface area (Å²) in [5.74, 6) is -0.433. The van der Waals surface area contributed by atoms with E-state index < -0.39 is 5.91 Å². The number of rotatable bonds is 4. The van der Waals surface area contributed by atoms with Crippen LogP contribution in [-0.4, -0.2) is 25.7 Å². The number of fused-ring (bicyclic) bond motifs is 1. The number of amides is 1. The number of aromatic nitrogens is 4. The first kappa shape index (κ1) is 14.2. The molecule has 0 aliphatic heterocycles. The van der Waals surface area contributed by atoms with Crippen molar-refractivity contribution < 1.29 is 4.79 Å². The van der Waals surface area contributed by atoms with E-state index in [2.05, 4.69) is 19.7 Å². The maximum atomic E-state index is 11.8. The van der Waals surface area contributed by atoms with Gasteiger partial charge in [-0.05, 0) is 42.0 Å². The summed E-state index contributed by atoms with van der Waals surface area (Å²) in [6.07, 6.45) is 5.25. The van der Waals surface area contributed by atoms with Crippen LogP contribution in [-0.2, 0) is 6.54 Å². The number of benzene rings is 1. The molecule has 24 heavy (non-hydrogen) atoms. The first-order valence-electron chi connectivity index (χ1n) is 7.55. The molecule has 0 saturated heterocycles. The highest BCUT2D eigenvalue weighted by molar-refractivity contribution is 6.07. The molecule has 0 bridgehead atoms. The SMILES string of the molecule is NC(=O)c1cccc2c1cc(-c1ccn[nH]1)n2Cc1ccncc1. The van der Waals surface area contributed by atoms with Gasteiger partial charge >= 0.3 is 0 Å². The molecule has 0 aliphatic carbocycles. The van der Waals surface area contributed by atoms with Gasteiger partial charge < -0.3 is 10.3 Å². The molecular weight excluding hydrogens is 302 g/mol. The van der Waals surface area contributed by atoms with Crippen LogP contribution >= 0.6 is 0 Å². The number of carbonyl (C=O) groups excluding carboxylic acids is 1. The summed E-state index contributed by atoms with van der Waals surface area (Å²) in [4.78, 5) is 15.8. The average Bonchev–Trinajstić information content (AvgIpc) is 3.23. The minimum Gasteiger partial charge on any atom is -0.366 e. The van der Waals surface area contributed by atoms with Gasteiger partial charge in [-0.3, -0.25) is 14.9 Å². The molecule has 1 aromatic carbocycles. The number of pyridine rings is 1. The van der Waals surface area contributed by atoms with Gasteiger partial charge in [0.2, 0.25) is 5.91 Å². The average molecular weight is 317 g/mol. The normalized spacial score (nSPS) is 11.0. The van der Waals surface area contributed by atoms with Gasteiger partial charge in [0, 0.05) is 41.6 Å². The van der Waals surface area contributed by atoms with Gasteiger partial charge in [0.25, 0.3) is 0 Å². The lowest BCUT2D eigenvalue weighted by Gasteiger charge is -2.10. The monoisotopic (exact) mass is 317 g/mol. The highest BCUT2D eigenvalue weighted by Gasteiger charge is 2.16.